The maximum Gasteiger partial charge on any atom is 0.294 e. The second-order valence-electron chi connectivity index (χ2n) is 4.39. The maximum atomic E-state index is 12.8. The van der Waals surface area contributed by atoms with Gasteiger partial charge in [0.25, 0.3) is 11.1 Å². The van der Waals surface area contributed by atoms with E-state index in [0.717, 1.165) is 16.7 Å². The fourth-order valence-electron chi connectivity index (χ4n) is 1.74. The fourth-order valence-corrected chi connectivity index (χ4v) is 2.58. The number of imide groups is 1. The highest BCUT2D eigenvalue weighted by Crippen LogP contribution is 2.31. The highest BCUT2D eigenvalue weighted by atomic mass is 32.2. The van der Waals surface area contributed by atoms with E-state index in [2.05, 4.69) is 5.32 Å². The third kappa shape index (κ3) is 3.92. The van der Waals surface area contributed by atoms with Gasteiger partial charge in [-0.25, -0.2) is 4.39 Å². The molecule has 0 aromatic heterocycles. The van der Waals surface area contributed by atoms with E-state index < -0.39 is 29.4 Å². The van der Waals surface area contributed by atoms with E-state index in [9.17, 15) is 18.8 Å². The van der Waals surface area contributed by atoms with Crippen molar-refractivity contribution >= 4 is 34.9 Å². The summed E-state index contributed by atoms with van der Waals surface area (Å²) in [6.45, 7) is -0.565. The molecule has 0 atom stereocenters. The predicted molar refractivity (Wildman–Crippen MR) is 79.2 cm³/mol. The fraction of sp³-hybridized carbons (Fsp3) is 0.214. The molecule has 22 heavy (non-hydrogen) atoms. The van der Waals surface area contributed by atoms with Crippen LogP contribution < -0.4 is 5.32 Å². The van der Waals surface area contributed by atoms with Crippen molar-refractivity contribution in [2.24, 2.45) is 0 Å². The summed E-state index contributed by atoms with van der Waals surface area (Å²) in [5.74, 6) is -1.50. The van der Waals surface area contributed by atoms with Gasteiger partial charge in [0.15, 0.2) is 0 Å². The van der Waals surface area contributed by atoms with Crippen LogP contribution in [0.25, 0.3) is 6.08 Å². The van der Waals surface area contributed by atoms with E-state index in [1.807, 2.05) is 0 Å². The summed E-state index contributed by atoms with van der Waals surface area (Å²) in [5, 5.41) is 10.4. The van der Waals surface area contributed by atoms with E-state index in [1.165, 1.54) is 30.3 Å². The van der Waals surface area contributed by atoms with E-state index in [4.69, 9.17) is 5.11 Å². The average molecular weight is 324 g/mol. The third-order valence-electron chi connectivity index (χ3n) is 2.78. The maximum absolute atomic E-state index is 12.8. The van der Waals surface area contributed by atoms with Crippen LogP contribution in [0.1, 0.15) is 5.56 Å². The minimum atomic E-state index is -0.571. The second kappa shape index (κ2) is 7.19. The number of hydrogen-bond donors (Lipinski definition) is 2. The SMILES string of the molecule is O=C(CN1C(=O)S/C(=C\c2ccc(F)cc2)C1=O)NCCO. The molecule has 1 fully saturated rings. The number of hydrogen-bond acceptors (Lipinski definition) is 5. The van der Waals surface area contributed by atoms with Gasteiger partial charge in [0.1, 0.15) is 12.4 Å². The molecule has 1 aliphatic rings. The molecular formula is C14H13FN2O4S. The van der Waals surface area contributed by atoms with Crippen molar-refractivity contribution in [2.45, 2.75) is 0 Å². The minimum absolute atomic E-state index is 0.0560. The highest BCUT2D eigenvalue weighted by molar-refractivity contribution is 8.18. The zero-order valence-corrected chi connectivity index (χ0v) is 12.2. The third-order valence-corrected chi connectivity index (χ3v) is 3.68. The Morgan fingerprint density at radius 3 is 2.64 bits per heavy atom. The van der Waals surface area contributed by atoms with E-state index >= 15 is 0 Å². The molecule has 0 saturated carbocycles. The van der Waals surface area contributed by atoms with Gasteiger partial charge in [-0.05, 0) is 35.5 Å². The Labute approximate surface area is 130 Å². The van der Waals surface area contributed by atoms with Crippen molar-refractivity contribution in [1.82, 2.24) is 10.2 Å². The molecule has 0 bridgehead atoms. The number of halogens is 1. The Balaban J connectivity index is 2.08. The normalized spacial score (nSPS) is 16.5. The molecule has 3 amide bonds. The van der Waals surface area contributed by atoms with Gasteiger partial charge in [-0.2, -0.15) is 0 Å². The van der Waals surface area contributed by atoms with Crippen molar-refractivity contribution in [3.8, 4) is 0 Å². The number of carbonyl (C=O) groups excluding carboxylic acids is 3. The number of thioether (sulfide) groups is 1. The first-order valence-corrected chi connectivity index (χ1v) is 7.21. The lowest BCUT2D eigenvalue weighted by Crippen LogP contribution is -2.40. The number of rotatable bonds is 5. The van der Waals surface area contributed by atoms with Crippen molar-refractivity contribution in [3.63, 3.8) is 0 Å². The van der Waals surface area contributed by atoms with E-state index in [-0.39, 0.29) is 18.1 Å². The summed E-state index contributed by atoms with van der Waals surface area (Å²) in [6.07, 6.45) is 1.47. The number of aliphatic hydroxyl groups is 1. The first-order valence-electron chi connectivity index (χ1n) is 6.40. The highest BCUT2D eigenvalue weighted by Gasteiger charge is 2.36. The van der Waals surface area contributed by atoms with Gasteiger partial charge < -0.3 is 10.4 Å². The molecule has 1 aromatic carbocycles. The molecule has 0 radical (unpaired) electrons. The van der Waals surface area contributed by atoms with Crippen molar-refractivity contribution in [1.29, 1.82) is 0 Å². The number of nitrogens with one attached hydrogen (secondary N) is 1. The monoisotopic (exact) mass is 324 g/mol. The van der Waals surface area contributed by atoms with Crippen LogP contribution in [0.5, 0.6) is 0 Å². The van der Waals surface area contributed by atoms with Gasteiger partial charge in [0.2, 0.25) is 5.91 Å². The Morgan fingerprint density at radius 1 is 1.32 bits per heavy atom. The molecule has 2 rings (SSSR count). The summed E-state index contributed by atoms with van der Waals surface area (Å²) in [5.41, 5.74) is 0.580. The Hall–Kier alpha value is -2.19. The Morgan fingerprint density at radius 2 is 2.00 bits per heavy atom. The summed E-state index contributed by atoms with van der Waals surface area (Å²) in [4.78, 5) is 36.4. The second-order valence-corrected chi connectivity index (χ2v) is 5.39. The molecule has 1 aromatic rings. The van der Waals surface area contributed by atoms with Crippen LogP contribution in [-0.4, -0.2) is 46.8 Å². The van der Waals surface area contributed by atoms with Crippen LogP contribution in [0.4, 0.5) is 9.18 Å². The van der Waals surface area contributed by atoms with Crippen molar-refractivity contribution in [2.75, 3.05) is 19.7 Å². The van der Waals surface area contributed by atoms with Gasteiger partial charge in [0, 0.05) is 6.54 Å². The molecule has 6 nitrogen and oxygen atoms in total. The molecule has 0 spiro atoms. The smallest absolute Gasteiger partial charge is 0.294 e. The molecule has 0 unspecified atom stereocenters. The zero-order valence-electron chi connectivity index (χ0n) is 11.4. The summed E-state index contributed by atoms with van der Waals surface area (Å²) < 4.78 is 12.8. The standard InChI is InChI=1S/C14H13FN2O4S/c15-10-3-1-9(2-4-10)7-11-13(20)17(14(21)22-11)8-12(19)16-5-6-18/h1-4,7,18H,5-6,8H2,(H,16,19)/b11-7-. The number of nitrogens with zero attached hydrogens (tertiary/aromatic N) is 1. The zero-order chi connectivity index (χ0) is 16.1. The molecule has 2 N–H and O–H groups in total. The van der Waals surface area contributed by atoms with Gasteiger partial charge in [-0.1, -0.05) is 12.1 Å². The number of aliphatic hydroxyl groups excluding tert-OH is 1. The van der Waals surface area contributed by atoms with E-state index in [0.29, 0.717) is 5.56 Å². The van der Waals surface area contributed by atoms with Crippen LogP contribution in [0.3, 0.4) is 0 Å². The Kier molecular flexibility index (Phi) is 5.29. The molecule has 0 aliphatic carbocycles. The quantitative estimate of drug-likeness (QED) is 0.788. The van der Waals surface area contributed by atoms with Crippen molar-refractivity contribution < 1.29 is 23.9 Å². The first kappa shape index (κ1) is 16.2. The average Bonchev–Trinajstić information content (AvgIpc) is 2.75. The molecule has 1 aliphatic heterocycles. The molecule has 116 valence electrons. The van der Waals surface area contributed by atoms with E-state index in [1.54, 1.807) is 0 Å². The van der Waals surface area contributed by atoms with Gasteiger partial charge >= 0.3 is 0 Å². The lowest BCUT2D eigenvalue weighted by atomic mass is 10.2. The topological polar surface area (TPSA) is 86.7 Å². The number of carbonyl (C=O) groups is 3. The van der Waals surface area contributed by atoms with Crippen molar-refractivity contribution in [3.05, 3.63) is 40.6 Å². The van der Waals surface area contributed by atoms with Gasteiger partial charge in [-0.3, -0.25) is 19.3 Å². The predicted octanol–water partition coefficient (Wildman–Crippen LogP) is 0.970. The Bertz CT molecular complexity index is 630. The van der Waals surface area contributed by atoms with Crippen LogP contribution in [0.15, 0.2) is 29.2 Å². The largest absolute Gasteiger partial charge is 0.395 e. The number of amides is 3. The molecule has 1 saturated heterocycles. The van der Waals surface area contributed by atoms with Crippen LogP contribution in [0.2, 0.25) is 0 Å². The molecule has 8 heteroatoms. The minimum Gasteiger partial charge on any atom is -0.395 e. The summed E-state index contributed by atoms with van der Waals surface area (Å²) in [6, 6.07) is 5.46. The van der Waals surface area contributed by atoms with Gasteiger partial charge in [-0.15, -0.1) is 0 Å². The van der Waals surface area contributed by atoms with Crippen LogP contribution in [0, 0.1) is 5.82 Å². The summed E-state index contributed by atoms with van der Waals surface area (Å²) in [7, 11) is 0. The molecular weight excluding hydrogens is 311 g/mol. The lowest BCUT2D eigenvalue weighted by molar-refractivity contribution is -0.129. The first-order chi connectivity index (χ1) is 10.5. The molecule has 1 heterocycles. The summed E-state index contributed by atoms with van der Waals surface area (Å²) >= 11 is 0.722. The van der Waals surface area contributed by atoms with Gasteiger partial charge in [0.05, 0.1) is 11.5 Å². The van der Waals surface area contributed by atoms with Crippen LogP contribution in [-0.2, 0) is 9.59 Å². The lowest BCUT2D eigenvalue weighted by Gasteiger charge is -2.11. The number of benzene rings is 1. The van der Waals surface area contributed by atoms with Crippen LogP contribution >= 0.6 is 11.8 Å².